The van der Waals surface area contributed by atoms with Crippen LogP contribution in [0, 0.1) is 23.7 Å². The Balaban J connectivity index is 1.24. The van der Waals surface area contributed by atoms with E-state index in [1.54, 1.807) is 0 Å². The first-order valence-corrected chi connectivity index (χ1v) is 10.9. The van der Waals surface area contributed by atoms with Crippen LogP contribution in [0.2, 0.25) is 0 Å². The molecule has 0 unspecified atom stereocenters. The Morgan fingerprint density at radius 1 is 0.968 bits per heavy atom. The van der Waals surface area contributed by atoms with E-state index in [0.29, 0.717) is 5.69 Å². The van der Waals surface area contributed by atoms with Gasteiger partial charge in [0.15, 0.2) is 0 Å². The van der Waals surface area contributed by atoms with E-state index >= 15 is 0 Å². The van der Waals surface area contributed by atoms with Crippen LogP contribution in [-0.2, 0) is 20.9 Å². The minimum Gasteiger partial charge on any atom is -0.341 e. The lowest BCUT2D eigenvalue weighted by Crippen LogP contribution is -2.39. The number of likely N-dealkylation sites (tertiary alicyclic amines) is 1. The molecule has 1 aromatic heterocycles. The van der Waals surface area contributed by atoms with E-state index in [2.05, 4.69) is 41.1 Å². The highest BCUT2D eigenvalue weighted by Gasteiger charge is 2.59. The van der Waals surface area contributed by atoms with Crippen molar-refractivity contribution >= 4 is 45.2 Å². The first-order valence-electron chi connectivity index (χ1n) is 10.9. The van der Waals surface area contributed by atoms with Crippen molar-refractivity contribution in [2.75, 3.05) is 11.9 Å². The van der Waals surface area contributed by atoms with Crippen molar-refractivity contribution < 1.29 is 14.4 Å². The summed E-state index contributed by atoms with van der Waals surface area (Å²) in [6.07, 6.45) is 5.00. The Labute approximate surface area is 179 Å². The number of hydrogen-bond acceptors (Lipinski definition) is 3. The fraction of sp³-hybridized carbons (Fsp3) is 0.320. The molecule has 0 spiro atoms. The molecule has 2 aromatic carbocycles. The Morgan fingerprint density at radius 3 is 2.35 bits per heavy atom. The van der Waals surface area contributed by atoms with Gasteiger partial charge in [0.25, 0.3) is 0 Å². The predicted octanol–water partition coefficient (Wildman–Crippen LogP) is 3.56. The van der Waals surface area contributed by atoms with Crippen LogP contribution in [0.3, 0.4) is 0 Å². The predicted molar refractivity (Wildman–Crippen MR) is 118 cm³/mol. The number of aryl methyl sites for hydroxylation is 1. The van der Waals surface area contributed by atoms with Gasteiger partial charge >= 0.3 is 0 Å². The van der Waals surface area contributed by atoms with Gasteiger partial charge in [-0.2, -0.15) is 0 Å². The summed E-state index contributed by atoms with van der Waals surface area (Å²) >= 11 is 0. The van der Waals surface area contributed by atoms with Crippen LogP contribution in [0.15, 0.2) is 54.6 Å². The minimum absolute atomic E-state index is 0.151. The van der Waals surface area contributed by atoms with E-state index < -0.39 is 0 Å². The largest absolute Gasteiger partial charge is 0.341 e. The van der Waals surface area contributed by atoms with Crippen LogP contribution < -0.4 is 5.32 Å². The highest BCUT2D eigenvalue weighted by atomic mass is 16.2. The lowest BCUT2D eigenvalue weighted by atomic mass is 9.85. The number of aromatic nitrogens is 1. The number of amides is 3. The van der Waals surface area contributed by atoms with Gasteiger partial charge in [0.2, 0.25) is 17.7 Å². The third-order valence-corrected chi connectivity index (χ3v) is 7.24. The summed E-state index contributed by atoms with van der Waals surface area (Å²) in [5, 5.41) is 5.09. The van der Waals surface area contributed by atoms with Gasteiger partial charge in [-0.1, -0.05) is 30.4 Å². The maximum absolute atomic E-state index is 12.8. The molecule has 6 rings (SSSR count). The molecule has 0 radical (unpaired) electrons. The van der Waals surface area contributed by atoms with E-state index in [1.807, 2.05) is 30.3 Å². The fourth-order valence-corrected chi connectivity index (χ4v) is 5.94. The molecule has 1 saturated carbocycles. The van der Waals surface area contributed by atoms with Crippen molar-refractivity contribution in [1.29, 1.82) is 0 Å². The van der Waals surface area contributed by atoms with Crippen LogP contribution in [-0.4, -0.2) is 33.7 Å². The number of nitrogens with one attached hydrogen (secondary N) is 1. The molecule has 1 N–H and O–H groups in total. The van der Waals surface area contributed by atoms with Gasteiger partial charge < -0.3 is 9.88 Å². The molecule has 3 aromatic rings. The second kappa shape index (κ2) is 6.54. The third-order valence-electron chi connectivity index (χ3n) is 7.24. The zero-order chi connectivity index (χ0) is 21.3. The van der Waals surface area contributed by atoms with E-state index in [9.17, 15) is 14.4 Å². The van der Waals surface area contributed by atoms with Gasteiger partial charge in [0.05, 0.1) is 11.8 Å². The average molecular weight is 413 g/mol. The quantitative estimate of drug-likeness (QED) is 0.525. The molecule has 1 saturated heterocycles. The smallest absolute Gasteiger partial charge is 0.244 e. The number of anilines is 1. The van der Waals surface area contributed by atoms with Crippen LogP contribution in [0.4, 0.5) is 5.69 Å². The maximum atomic E-state index is 12.8. The SMILES string of the molecule is CCn1c2ccccc2c2cc(NC(=O)CN3C(=O)[C@@H]4[C@@H](C3=O)[C@@H]3C=C[C@@H]4C3)ccc21. The van der Waals surface area contributed by atoms with E-state index in [0.717, 1.165) is 39.7 Å². The van der Waals surface area contributed by atoms with Gasteiger partial charge in [0, 0.05) is 34.0 Å². The summed E-state index contributed by atoms with van der Waals surface area (Å²) in [7, 11) is 0. The summed E-state index contributed by atoms with van der Waals surface area (Å²) in [6.45, 7) is 2.75. The fourth-order valence-electron chi connectivity index (χ4n) is 5.94. The highest BCUT2D eigenvalue weighted by Crippen LogP contribution is 2.52. The molecule has 3 amide bonds. The van der Waals surface area contributed by atoms with Crippen LogP contribution in [0.25, 0.3) is 21.8 Å². The van der Waals surface area contributed by atoms with Crippen molar-refractivity contribution in [3.05, 3.63) is 54.6 Å². The van der Waals surface area contributed by atoms with Gasteiger partial charge in [-0.05, 0) is 49.4 Å². The molecule has 2 aliphatic carbocycles. The topological polar surface area (TPSA) is 71.4 Å². The summed E-state index contributed by atoms with van der Waals surface area (Å²) in [5.74, 6) is -0.971. The molecule has 4 atom stereocenters. The Hall–Kier alpha value is -3.41. The lowest BCUT2D eigenvalue weighted by Gasteiger charge is -2.17. The number of hydrogen-bond donors (Lipinski definition) is 1. The second-order valence-corrected chi connectivity index (χ2v) is 8.80. The molecule has 31 heavy (non-hydrogen) atoms. The molecule has 1 aliphatic heterocycles. The number of carbonyl (C=O) groups excluding carboxylic acids is 3. The molecule has 2 heterocycles. The van der Waals surface area contributed by atoms with Gasteiger partial charge in [-0.3, -0.25) is 19.3 Å². The molecular formula is C25H23N3O3. The molecule has 156 valence electrons. The average Bonchev–Trinajstić information content (AvgIpc) is 3.52. The van der Waals surface area contributed by atoms with Crippen molar-refractivity contribution in [1.82, 2.24) is 9.47 Å². The molecule has 2 fully saturated rings. The second-order valence-electron chi connectivity index (χ2n) is 8.80. The highest BCUT2D eigenvalue weighted by molar-refractivity contribution is 6.11. The van der Waals surface area contributed by atoms with E-state index in [4.69, 9.17) is 0 Å². The number of imide groups is 1. The molecule has 3 aliphatic rings. The van der Waals surface area contributed by atoms with Crippen molar-refractivity contribution in [3.63, 3.8) is 0 Å². The number of carbonyl (C=O) groups is 3. The van der Waals surface area contributed by atoms with Crippen LogP contribution in [0.5, 0.6) is 0 Å². The van der Waals surface area contributed by atoms with Gasteiger partial charge in [-0.15, -0.1) is 0 Å². The number of nitrogens with zero attached hydrogens (tertiary/aromatic N) is 2. The van der Waals surface area contributed by atoms with Crippen molar-refractivity contribution in [3.8, 4) is 0 Å². The maximum Gasteiger partial charge on any atom is 0.244 e. The zero-order valence-electron chi connectivity index (χ0n) is 17.2. The Morgan fingerprint density at radius 2 is 1.65 bits per heavy atom. The molecule has 2 bridgehead atoms. The first kappa shape index (κ1) is 18.4. The summed E-state index contributed by atoms with van der Waals surface area (Å²) in [6, 6.07) is 14.1. The zero-order valence-corrected chi connectivity index (χ0v) is 17.2. The summed E-state index contributed by atoms with van der Waals surface area (Å²) < 4.78 is 2.25. The van der Waals surface area contributed by atoms with Gasteiger partial charge in [0.1, 0.15) is 6.54 Å². The van der Waals surface area contributed by atoms with Gasteiger partial charge in [-0.25, -0.2) is 0 Å². The number of benzene rings is 2. The monoisotopic (exact) mass is 413 g/mol. The number of para-hydroxylation sites is 1. The van der Waals surface area contributed by atoms with Crippen LogP contribution in [0.1, 0.15) is 13.3 Å². The molecular weight excluding hydrogens is 390 g/mol. The standard InChI is InChI=1S/C25H23N3O3/c1-2-27-19-6-4-3-5-17(19)18-12-16(9-10-20(18)27)26-21(29)13-28-24(30)22-14-7-8-15(11-14)23(22)25(28)31/h3-10,12,14-15,22-23H,2,11,13H2,1H3,(H,26,29)/t14-,15-,22+,23+/m1/s1. The summed E-state index contributed by atoms with van der Waals surface area (Å²) in [4.78, 5) is 39.5. The lowest BCUT2D eigenvalue weighted by molar-refractivity contribution is -0.143. The number of fused-ring (bicyclic) bond motifs is 8. The number of rotatable bonds is 4. The Bertz CT molecular complexity index is 1270. The third kappa shape index (κ3) is 2.54. The molecule has 6 heteroatoms. The van der Waals surface area contributed by atoms with Crippen LogP contribution >= 0.6 is 0 Å². The normalized spacial score (nSPS) is 26.4. The van der Waals surface area contributed by atoms with E-state index in [-0.39, 0.29) is 47.9 Å². The Kier molecular flexibility index (Phi) is 3.88. The summed E-state index contributed by atoms with van der Waals surface area (Å²) in [5.41, 5.74) is 2.94. The minimum atomic E-state index is -0.347. The van der Waals surface area contributed by atoms with Crippen molar-refractivity contribution in [2.24, 2.45) is 23.7 Å². The first-order chi connectivity index (χ1) is 15.1. The number of allylic oxidation sites excluding steroid dienone is 2. The molecule has 6 nitrogen and oxygen atoms in total. The van der Waals surface area contributed by atoms with Crippen molar-refractivity contribution in [2.45, 2.75) is 19.9 Å². The van der Waals surface area contributed by atoms with E-state index in [1.165, 1.54) is 0 Å².